The number of rotatable bonds is 16. The molecular formula is C32H47Gd3N5O11. The number of hydrogen-bond donors (Lipinski definition) is 4. The first kappa shape index (κ1) is 45.2. The van der Waals surface area contributed by atoms with Gasteiger partial charge in [0.15, 0.2) is 0 Å². The number of amides is 2. The zero-order valence-corrected chi connectivity index (χ0v) is 35.1. The first-order valence-electron chi connectivity index (χ1n) is 16.6. The second kappa shape index (κ2) is 23.7. The molecule has 0 spiro atoms. The predicted molar refractivity (Wildman–Crippen MR) is 169 cm³/mol. The SMILES string of the molecule is O=C(O)CCN(C(=O)CN1CC[N]([Gd][CH2]C(=O)O)CC[N]([Gd][CH2]C(=O)O)CC[N+]([Gd][CH2]C(=O)O)(C(=O)[O-])CC1)c1ccc(C2CCCCC2)cc1. The van der Waals surface area contributed by atoms with Crippen LogP contribution in [0.5, 0.6) is 0 Å². The van der Waals surface area contributed by atoms with Crippen LogP contribution in [0.3, 0.4) is 0 Å². The Balaban J connectivity index is 1.90. The van der Waals surface area contributed by atoms with Crippen molar-refractivity contribution in [3.63, 3.8) is 0 Å². The van der Waals surface area contributed by atoms with E-state index in [4.69, 9.17) is 0 Å². The fraction of sp³-hybridized carbons (Fsp3) is 0.625. The first-order valence-corrected chi connectivity index (χ1v) is 24.4. The Morgan fingerprint density at radius 2 is 1.27 bits per heavy atom. The van der Waals surface area contributed by atoms with Gasteiger partial charge in [-0.05, 0) is 12.8 Å². The predicted octanol–water partition coefficient (Wildman–Crippen LogP) is 1.13. The van der Waals surface area contributed by atoms with Crippen molar-refractivity contribution in [2.75, 3.05) is 70.3 Å². The Kier molecular flexibility index (Phi) is 21.0. The van der Waals surface area contributed by atoms with Crippen molar-refractivity contribution < 1.29 is 164 Å². The molecule has 1 aromatic rings. The quantitative estimate of drug-likeness (QED) is 0.183. The van der Waals surface area contributed by atoms with Crippen LogP contribution in [0.2, 0.25) is 6.60 Å². The van der Waals surface area contributed by atoms with E-state index in [1.54, 1.807) is 4.90 Å². The summed E-state index contributed by atoms with van der Waals surface area (Å²) >= 11 is -4.42. The van der Waals surface area contributed by atoms with Crippen molar-refractivity contribution >= 4 is 41.6 Å². The molecule has 16 nitrogen and oxygen atoms in total. The number of hydrogen-bond acceptors (Lipinski definition) is 10. The molecule has 0 bridgehead atoms. The minimum absolute atomic E-state index is 0.0107. The molecule has 51 heavy (non-hydrogen) atoms. The topological polar surface area (TPSA) is 219 Å². The van der Waals surface area contributed by atoms with Crippen LogP contribution in [0.25, 0.3) is 0 Å². The molecule has 2 fully saturated rings. The molecular weight excluding hydrogens is 1100 g/mol. The van der Waals surface area contributed by atoms with Gasteiger partial charge < -0.3 is 0 Å². The molecule has 1 saturated heterocycles. The van der Waals surface area contributed by atoms with Crippen LogP contribution >= 0.6 is 0 Å². The molecule has 290 valence electrons. The van der Waals surface area contributed by atoms with Gasteiger partial charge in [-0.1, -0.05) is 19.3 Å². The summed E-state index contributed by atoms with van der Waals surface area (Å²) < 4.78 is 3.15. The molecule has 1 aliphatic carbocycles. The van der Waals surface area contributed by atoms with Crippen LogP contribution in [0.1, 0.15) is 50.0 Å². The van der Waals surface area contributed by atoms with Gasteiger partial charge in [-0.2, -0.15) is 0 Å². The molecule has 19 heteroatoms. The average molecular weight is 1150 g/mol. The summed E-state index contributed by atoms with van der Waals surface area (Å²) in [4.78, 5) is 76.1. The molecule has 2 aliphatic rings. The van der Waals surface area contributed by atoms with Gasteiger partial charge in [0, 0.05) is 0 Å². The van der Waals surface area contributed by atoms with Gasteiger partial charge in [-0.15, -0.1) is 0 Å². The number of nitrogens with zero attached hydrogens (tertiary/aromatic N) is 5. The van der Waals surface area contributed by atoms with Gasteiger partial charge in [0.2, 0.25) is 0 Å². The molecule has 0 aromatic heterocycles. The van der Waals surface area contributed by atoms with Crippen molar-refractivity contribution in [1.82, 2.24) is 7.10 Å². The van der Waals surface area contributed by atoms with Gasteiger partial charge in [0.1, 0.15) is 0 Å². The van der Waals surface area contributed by atoms with Gasteiger partial charge in [0.05, 0.1) is 0 Å². The molecule has 1 atom stereocenters. The summed E-state index contributed by atoms with van der Waals surface area (Å²) in [6, 6.07) is 7.67. The number of benzene rings is 1. The van der Waals surface area contributed by atoms with E-state index < -0.39 is 139 Å². The van der Waals surface area contributed by atoms with E-state index in [1.807, 2.05) is 25.4 Å². The van der Waals surface area contributed by atoms with Crippen molar-refractivity contribution in [2.45, 2.75) is 51.0 Å². The van der Waals surface area contributed by atoms with Crippen molar-refractivity contribution in [3.8, 4) is 0 Å². The van der Waals surface area contributed by atoms with E-state index in [0.717, 1.165) is 12.8 Å². The van der Waals surface area contributed by atoms with E-state index in [9.17, 15) is 54.3 Å². The van der Waals surface area contributed by atoms with Crippen LogP contribution in [-0.4, -0.2) is 130 Å². The number of carbonyl (C=O) groups is 6. The normalized spacial score (nSPS) is 20.7. The molecule has 3 rings (SSSR count). The fourth-order valence-corrected chi connectivity index (χ4v) is 12.3. The van der Waals surface area contributed by atoms with E-state index in [0.29, 0.717) is 31.2 Å². The molecule has 0 radical (unpaired) electrons. The summed E-state index contributed by atoms with van der Waals surface area (Å²) in [7, 11) is 0. The van der Waals surface area contributed by atoms with Crippen LogP contribution in [0.4, 0.5) is 10.5 Å². The van der Waals surface area contributed by atoms with Crippen LogP contribution < -0.4 is 10.0 Å². The Morgan fingerprint density at radius 1 is 0.725 bits per heavy atom. The Bertz CT molecular complexity index is 1350. The number of aliphatic carboxylic acids is 4. The van der Waals surface area contributed by atoms with E-state index in [2.05, 4.69) is 1.10 Å². The second-order valence-corrected chi connectivity index (χ2v) is 21.5. The maximum atomic E-state index is 14.0. The Labute approximate surface area is 358 Å². The monoisotopic (exact) mass is 1150 g/mol. The van der Waals surface area contributed by atoms with E-state index in [1.165, 1.54) is 29.7 Å². The van der Waals surface area contributed by atoms with Crippen molar-refractivity contribution in [2.24, 2.45) is 0 Å². The summed E-state index contributed by atoms with van der Waals surface area (Å²) in [5.74, 6) is -3.97. The standard InChI is InChI=1S/C26H39N5O5.3C2H3O2.3Gd/c32-24(20-29-16-13-27-11-12-28-14-17-30(19-18-29)26(35)36)31(15-10-25(33)34)23-8-6-22(7-9-23)21-4-2-1-3-5-21;3*1-2(3)4;;;/h6-9,21H,1-5,10-20H2,(H,33,34)(H,35,36);3*1H2,(H,3,4);;;/q-2;;;;3*+1/p-1. The van der Waals surface area contributed by atoms with Crippen LogP contribution in [-0.2, 0) is 24.0 Å². The third kappa shape index (κ3) is 16.6. The van der Waals surface area contributed by atoms with Gasteiger partial charge >= 0.3 is 332 Å². The third-order valence-corrected chi connectivity index (χ3v) is 18.5. The van der Waals surface area contributed by atoms with Crippen molar-refractivity contribution in [1.29, 1.82) is 0 Å². The van der Waals surface area contributed by atoms with Gasteiger partial charge in [-0.25, -0.2) is 0 Å². The van der Waals surface area contributed by atoms with Crippen LogP contribution in [0, 0.1) is 109 Å². The number of carboxylic acid groups (broad SMARTS) is 5. The molecule has 1 saturated carbocycles. The third-order valence-electron chi connectivity index (χ3n) is 8.51. The van der Waals surface area contributed by atoms with E-state index in [-0.39, 0.29) is 64.7 Å². The zero-order valence-electron chi connectivity index (χ0n) is 28.3. The average Bonchev–Trinajstić information content (AvgIpc) is 3.08. The summed E-state index contributed by atoms with van der Waals surface area (Å²) in [6.07, 6.45) is 4.09. The minimum atomic E-state index is -1.85. The fourth-order valence-electron chi connectivity index (χ4n) is 5.84. The summed E-state index contributed by atoms with van der Waals surface area (Å²) in [5.41, 5.74) is 1.74. The number of quaternary nitrogens is 1. The zero-order chi connectivity index (χ0) is 37.4. The number of carboxylic acids is 4. The molecule has 4 N–H and O–H groups in total. The van der Waals surface area contributed by atoms with Crippen molar-refractivity contribution in [3.05, 3.63) is 29.8 Å². The molecule has 1 aliphatic heterocycles. The first-order chi connectivity index (χ1) is 24.3. The second-order valence-electron chi connectivity index (χ2n) is 12.1. The number of anilines is 1. The number of carbonyl (C=O) groups excluding carboxylic acids is 2. The maximum absolute atomic E-state index is 14.0. The summed E-state index contributed by atoms with van der Waals surface area (Å²) in [5, 5.41) is 50.5. The van der Waals surface area contributed by atoms with Crippen LogP contribution in [0.15, 0.2) is 24.3 Å². The Morgan fingerprint density at radius 3 is 1.82 bits per heavy atom. The van der Waals surface area contributed by atoms with Gasteiger partial charge in [0.25, 0.3) is 0 Å². The molecule has 1 unspecified atom stereocenters. The summed E-state index contributed by atoms with van der Waals surface area (Å²) in [6.45, 7) is 1.64. The molecule has 2 amide bonds. The van der Waals surface area contributed by atoms with Gasteiger partial charge in [-0.3, -0.25) is 0 Å². The Hall–Kier alpha value is -0.146. The van der Waals surface area contributed by atoms with E-state index >= 15 is 0 Å². The molecule has 1 aromatic carbocycles. The molecule has 1 heterocycles.